The number of Topliss-reactive ketones (excluding diaryl/α,β-unsaturated/α-hetero) is 1. The average molecular weight is 287 g/mol. The van der Waals surface area contributed by atoms with Crippen LogP contribution in [0.25, 0.3) is 5.53 Å². The Morgan fingerprint density at radius 2 is 1.95 bits per heavy atom. The van der Waals surface area contributed by atoms with Crippen LogP contribution in [0.1, 0.15) is 18.0 Å². The maximum Gasteiger partial charge on any atom is 0.441 e. The van der Waals surface area contributed by atoms with Crippen molar-refractivity contribution in [2.24, 2.45) is 0 Å². The van der Waals surface area contributed by atoms with Crippen LogP contribution in [0.5, 0.6) is 0 Å². The molecule has 0 saturated heterocycles. The van der Waals surface area contributed by atoms with E-state index in [0.717, 1.165) is 7.11 Å². The van der Waals surface area contributed by atoms with Gasteiger partial charge in [-0.1, -0.05) is 30.3 Å². The lowest BCUT2D eigenvalue weighted by Crippen LogP contribution is -2.33. The van der Waals surface area contributed by atoms with E-state index in [1.807, 2.05) is 0 Å². The SMILES string of the molecule is BC(=O)NC(CC(=O)C(=[N+]=[N-])C(=O)OC)c1ccccc1. The van der Waals surface area contributed by atoms with Crippen molar-refractivity contribution in [1.29, 1.82) is 0 Å². The summed E-state index contributed by atoms with van der Waals surface area (Å²) in [5.41, 5.74) is 8.73. The molecule has 1 atom stereocenters. The molecule has 1 aromatic rings. The molecule has 0 aliphatic rings. The number of methoxy groups -OCH3 is 1. The van der Waals surface area contributed by atoms with E-state index < -0.39 is 23.5 Å². The number of hydrogen-bond donors (Lipinski definition) is 1. The van der Waals surface area contributed by atoms with Crippen LogP contribution in [0.2, 0.25) is 0 Å². The molecule has 0 aromatic heterocycles. The van der Waals surface area contributed by atoms with E-state index in [1.165, 1.54) is 7.85 Å². The number of ether oxygens (including phenoxy) is 1. The van der Waals surface area contributed by atoms with Crippen LogP contribution in [-0.4, -0.2) is 43.0 Å². The van der Waals surface area contributed by atoms with Crippen molar-refractivity contribution < 1.29 is 23.9 Å². The molecule has 7 nitrogen and oxygen atoms in total. The minimum Gasteiger partial charge on any atom is -0.460 e. The van der Waals surface area contributed by atoms with Gasteiger partial charge in [0.25, 0.3) is 5.78 Å². The molecule has 0 fully saturated rings. The number of carbonyl (C=O) groups excluding carboxylic acids is 3. The van der Waals surface area contributed by atoms with Crippen LogP contribution in [-0.2, 0) is 14.3 Å². The molecule has 1 aromatic carbocycles. The number of benzene rings is 1. The molecule has 0 aliphatic carbocycles. The number of ketones is 1. The van der Waals surface area contributed by atoms with Gasteiger partial charge in [0.15, 0.2) is 5.81 Å². The monoisotopic (exact) mass is 287 g/mol. The fraction of sp³-hybridized carbons (Fsp3) is 0.231. The maximum atomic E-state index is 12.0. The summed E-state index contributed by atoms with van der Waals surface area (Å²) in [5, 5.41) is 2.61. The fourth-order valence-electron chi connectivity index (χ4n) is 1.77. The molecular formula is C13H14BN3O4. The average Bonchev–Trinajstić information content (AvgIpc) is 2.47. The third-order valence-corrected chi connectivity index (χ3v) is 2.71. The van der Waals surface area contributed by atoms with Crippen molar-refractivity contribution in [1.82, 2.24) is 5.32 Å². The lowest BCUT2D eigenvalue weighted by molar-refractivity contribution is -0.139. The van der Waals surface area contributed by atoms with Crippen molar-refractivity contribution in [3.63, 3.8) is 0 Å². The van der Waals surface area contributed by atoms with Gasteiger partial charge in [0, 0.05) is 6.42 Å². The summed E-state index contributed by atoms with van der Waals surface area (Å²) in [7, 11) is 2.39. The number of nitrogens with zero attached hydrogens (tertiary/aromatic N) is 2. The van der Waals surface area contributed by atoms with Crippen molar-refractivity contribution in [2.45, 2.75) is 12.5 Å². The van der Waals surface area contributed by atoms with E-state index in [-0.39, 0.29) is 12.2 Å². The zero-order valence-corrected chi connectivity index (χ0v) is 11.7. The number of hydrogen-bond acceptors (Lipinski definition) is 4. The van der Waals surface area contributed by atoms with Gasteiger partial charge in [-0.3, -0.25) is 9.59 Å². The summed E-state index contributed by atoms with van der Waals surface area (Å²) >= 11 is 0. The van der Waals surface area contributed by atoms with Crippen molar-refractivity contribution >= 4 is 31.1 Å². The van der Waals surface area contributed by atoms with E-state index in [2.05, 4.69) is 14.8 Å². The molecule has 0 radical (unpaired) electrons. The smallest absolute Gasteiger partial charge is 0.441 e. The number of rotatable bonds is 6. The van der Waals surface area contributed by atoms with Crippen LogP contribution < -0.4 is 5.32 Å². The molecule has 1 unspecified atom stereocenters. The Bertz CT molecular complexity index is 597. The Labute approximate surface area is 122 Å². The second-order valence-electron chi connectivity index (χ2n) is 4.23. The normalized spacial score (nSPS) is 10.9. The Kier molecular flexibility index (Phi) is 6.04. The number of amides is 1. The first kappa shape index (κ1) is 16.3. The molecule has 0 heterocycles. The fourth-order valence-corrected chi connectivity index (χ4v) is 1.77. The summed E-state index contributed by atoms with van der Waals surface area (Å²) in [6.45, 7) is 0. The highest BCUT2D eigenvalue weighted by Gasteiger charge is 2.32. The Morgan fingerprint density at radius 3 is 2.43 bits per heavy atom. The lowest BCUT2D eigenvalue weighted by atomic mass is 9.97. The van der Waals surface area contributed by atoms with Gasteiger partial charge in [0.1, 0.15) is 0 Å². The summed E-state index contributed by atoms with van der Waals surface area (Å²) in [5.74, 6) is -2.08. The van der Waals surface area contributed by atoms with E-state index >= 15 is 0 Å². The Hall–Kier alpha value is -2.73. The van der Waals surface area contributed by atoms with Gasteiger partial charge in [-0.25, -0.2) is 4.79 Å². The molecule has 0 bridgehead atoms. The predicted molar refractivity (Wildman–Crippen MR) is 76.5 cm³/mol. The molecule has 108 valence electrons. The zero-order valence-electron chi connectivity index (χ0n) is 11.7. The molecule has 1 rings (SSSR count). The highest BCUT2D eigenvalue weighted by molar-refractivity contribution is 6.62. The molecule has 1 N–H and O–H groups in total. The lowest BCUT2D eigenvalue weighted by Gasteiger charge is -2.16. The summed E-state index contributed by atoms with van der Waals surface area (Å²) in [4.78, 5) is 37.2. The number of carbonyl (C=O) groups is 3. The van der Waals surface area contributed by atoms with Gasteiger partial charge in [-0.05, 0) is 5.56 Å². The quantitative estimate of drug-likeness (QED) is 0.196. The van der Waals surface area contributed by atoms with Gasteiger partial charge in [0.05, 0.1) is 13.2 Å². The Morgan fingerprint density at radius 1 is 1.33 bits per heavy atom. The largest absolute Gasteiger partial charge is 0.460 e. The first-order chi connectivity index (χ1) is 9.99. The standard InChI is InChI=1S/C13H14BN3O4/c1-21-12(19)11(17-15)10(18)7-9(16-13(14)20)8-5-3-2-4-6-8/h2-6,9H,7,14H2,1H3,(H,16,20). The van der Waals surface area contributed by atoms with Crippen molar-refractivity contribution in [2.75, 3.05) is 7.11 Å². The molecule has 0 saturated carbocycles. The molecule has 0 spiro atoms. The summed E-state index contributed by atoms with van der Waals surface area (Å²) in [6.07, 6.45) is -0.224. The highest BCUT2D eigenvalue weighted by atomic mass is 16.5. The van der Waals surface area contributed by atoms with Gasteiger partial charge in [0.2, 0.25) is 7.85 Å². The van der Waals surface area contributed by atoms with Crippen LogP contribution in [0.4, 0.5) is 4.79 Å². The molecule has 1 amide bonds. The topological polar surface area (TPSA) is 109 Å². The molecule has 21 heavy (non-hydrogen) atoms. The minimum absolute atomic E-state index is 0.224. The zero-order chi connectivity index (χ0) is 15.8. The van der Waals surface area contributed by atoms with E-state index in [9.17, 15) is 14.4 Å². The second-order valence-corrected chi connectivity index (χ2v) is 4.23. The molecular weight excluding hydrogens is 273 g/mol. The van der Waals surface area contributed by atoms with Crippen molar-refractivity contribution in [3.05, 3.63) is 41.4 Å². The van der Waals surface area contributed by atoms with Crippen LogP contribution in [0.3, 0.4) is 0 Å². The third kappa shape index (κ3) is 4.70. The number of nitrogens with one attached hydrogen (secondary N) is 1. The van der Waals surface area contributed by atoms with E-state index in [4.69, 9.17) is 5.53 Å². The first-order valence-corrected chi connectivity index (χ1v) is 6.15. The Balaban J connectivity index is 2.97. The van der Waals surface area contributed by atoms with Gasteiger partial charge >= 0.3 is 11.7 Å². The van der Waals surface area contributed by atoms with E-state index in [1.54, 1.807) is 30.3 Å². The predicted octanol–water partition coefficient (Wildman–Crippen LogP) is -0.127. The first-order valence-electron chi connectivity index (χ1n) is 6.15. The molecule has 8 heteroatoms. The minimum atomic E-state index is -1.03. The van der Waals surface area contributed by atoms with Crippen molar-refractivity contribution in [3.8, 4) is 0 Å². The maximum absolute atomic E-state index is 12.0. The summed E-state index contributed by atoms with van der Waals surface area (Å²) in [6, 6.07) is 8.17. The molecule has 0 aliphatic heterocycles. The third-order valence-electron chi connectivity index (χ3n) is 2.71. The summed E-state index contributed by atoms with van der Waals surface area (Å²) < 4.78 is 4.35. The van der Waals surface area contributed by atoms with Crippen LogP contribution in [0, 0.1) is 0 Å². The highest BCUT2D eigenvalue weighted by Crippen LogP contribution is 2.17. The van der Waals surface area contributed by atoms with Gasteiger partial charge < -0.3 is 15.6 Å². The van der Waals surface area contributed by atoms with Gasteiger partial charge in [-0.2, -0.15) is 4.79 Å². The van der Waals surface area contributed by atoms with Crippen LogP contribution >= 0.6 is 0 Å². The second kappa shape index (κ2) is 7.76. The number of esters is 1. The van der Waals surface area contributed by atoms with E-state index in [0.29, 0.717) is 5.56 Å². The van der Waals surface area contributed by atoms with Gasteiger partial charge in [-0.15, -0.1) is 0 Å². The van der Waals surface area contributed by atoms with Crippen LogP contribution in [0.15, 0.2) is 30.3 Å².